The molecule has 0 heterocycles. The molecule has 0 aliphatic rings. The standard InChI is InChI=1S/C7H15F3N2O3S/c1-6(2,13)5-12(3)16(14,15)11-4-7(8,9)10/h11,13H,4-5H2,1-3H3. The first-order valence-corrected chi connectivity index (χ1v) is 5.77. The van der Waals surface area contributed by atoms with Gasteiger partial charge in [0.05, 0.1) is 5.60 Å². The first kappa shape index (κ1) is 15.6. The highest BCUT2D eigenvalue weighted by molar-refractivity contribution is 7.87. The summed E-state index contributed by atoms with van der Waals surface area (Å²) in [6, 6.07) is 0. The van der Waals surface area contributed by atoms with Crippen LogP contribution < -0.4 is 4.72 Å². The summed E-state index contributed by atoms with van der Waals surface area (Å²) in [5.41, 5.74) is -1.32. The number of hydrogen-bond acceptors (Lipinski definition) is 3. The highest BCUT2D eigenvalue weighted by Crippen LogP contribution is 2.13. The Morgan fingerprint density at radius 3 is 2.06 bits per heavy atom. The average Bonchev–Trinajstić information content (AvgIpc) is 1.96. The topological polar surface area (TPSA) is 69.6 Å². The van der Waals surface area contributed by atoms with Gasteiger partial charge in [0.25, 0.3) is 10.2 Å². The minimum absolute atomic E-state index is 0.305. The van der Waals surface area contributed by atoms with Crippen LogP contribution in [-0.2, 0) is 10.2 Å². The van der Waals surface area contributed by atoms with Crippen LogP contribution in [0, 0.1) is 0 Å². The van der Waals surface area contributed by atoms with E-state index in [1.54, 1.807) is 0 Å². The second kappa shape index (κ2) is 4.86. The zero-order chi connectivity index (χ0) is 13.2. The van der Waals surface area contributed by atoms with Crippen LogP contribution in [0.5, 0.6) is 0 Å². The number of alkyl halides is 3. The Bertz CT molecular complexity index is 321. The predicted molar refractivity (Wildman–Crippen MR) is 51.9 cm³/mol. The SMILES string of the molecule is CN(CC(C)(C)O)S(=O)(=O)NCC(F)(F)F. The second-order valence-corrected chi connectivity index (χ2v) is 5.87. The van der Waals surface area contributed by atoms with Crippen molar-refractivity contribution in [3.63, 3.8) is 0 Å². The predicted octanol–water partition coefficient (Wildman–Crippen LogP) is 0.0858. The van der Waals surface area contributed by atoms with Gasteiger partial charge in [-0.3, -0.25) is 0 Å². The van der Waals surface area contributed by atoms with Gasteiger partial charge in [0.1, 0.15) is 6.54 Å². The minimum Gasteiger partial charge on any atom is -0.389 e. The van der Waals surface area contributed by atoms with E-state index >= 15 is 0 Å². The Hall–Kier alpha value is -0.380. The fraction of sp³-hybridized carbons (Fsp3) is 1.00. The van der Waals surface area contributed by atoms with Gasteiger partial charge in [-0.2, -0.15) is 30.6 Å². The first-order valence-electron chi connectivity index (χ1n) is 4.33. The Balaban J connectivity index is 4.45. The number of nitrogens with zero attached hydrogens (tertiary/aromatic N) is 1. The highest BCUT2D eigenvalue weighted by atomic mass is 32.2. The van der Waals surface area contributed by atoms with Crippen molar-refractivity contribution in [3.05, 3.63) is 0 Å². The molecule has 98 valence electrons. The second-order valence-electron chi connectivity index (χ2n) is 4.01. The molecule has 0 aromatic carbocycles. The molecule has 0 rings (SSSR count). The summed E-state index contributed by atoms with van der Waals surface area (Å²) in [7, 11) is -3.14. The molecular weight excluding hydrogens is 249 g/mol. The van der Waals surface area contributed by atoms with Crippen molar-refractivity contribution in [3.8, 4) is 0 Å². The molecule has 16 heavy (non-hydrogen) atoms. The number of rotatable bonds is 5. The molecule has 0 saturated carbocycles. The fourth-order valence-corrected chi connectivity index (χ4v) is 1.97. The van der Waals surface area contributed by atoms with E-state index in [0.29, 0.717) is 4.31 Å². The van der Waals surface area contributed by atoms with Crippen LogP contribution in [0.1, 0.15) is 13.8 Å². The molecule has 2 N–H and O–H groups in total. The molecule has 0 aliphatic heterocycles. The highest BCUT2D eigenvalue weighted by Gasteiger charge is 2.32. The Labute approximate surface area is 92.4 Å². The normalized spacial score (nSPS) is 14.5. The van der Waals surface area contributed by atoms with E-state index in [1.807, 2.05) is 0 Å². The molecule has 0 aromatic rings. The van der Waals surface area contributed by atoms with Gasteiger partial charge in [-0.05, 0) is 13.8 Å². The molecule has 0 fully saturated rings. The Morgan fingerprint density at radius 2 is 1.75 bits per heavy atom. The van der Waals surface area contributed by atoms with Gasteiger partial charge < -0.3 is 5.11 Å². The summed E-state index contributed by atoms with van der Waals surface area (Å²) in [4.78, 5) is 0. The van der Waals surface area contributed by atoms with E-state index in [1.165, 1.54) is 18.6 Å². The maximum Gasteiger partial charge on any atom is 0.402 e. The van der Waals surface area contributed by atoms with E-state index in [-0.39, 0.29) is 6.54 Å². The summed E-state index contributed by atoms with van der Waals surface area (Å²) >= 11 is 0. The third-order valence-corrected chi connectivity index (χ3v) is 2.93. The van der Waals surface area contributed by atoms with Crippen molar-refractivity contribution in [2.75, 3.05) is 20.1 Å². The van der Waals surface area contributed by atoms with Crippen molar-refractivity contribution in [1.29, 1.82) is 0 Å². The molecule has 0 radical (unpaired) electrons. The van der Waals surface area contributed by atoms with Crippen LogP contribution in [0.2, 0.25) is 0 Å². The van der Waals surface area contributed by atoms with E-state index < -0.39 is 28.5 Å². The molecule has 0 bridgehead atoms. The van der Waals surface area contributed by atoms with Gasteiger partial charge in [-0.1, -0.05) is 0 Å². The van der Waals surface area contributed by atoms with Crippen molar-refractivity contribution in [2.45, 2.75) is 25.6 Å². The van der Waals surface area contributed by atoms with E-state index in [2.05, 4.69) is 0 Å². The third kappa shape index (κ3) is 6.99. The molecule has 9 heteroatoms. The number of aliphatic hydroxyl groups is 1. The van der Waals surface area contributed by atoms with Gasteiger partial charge in [-0.15, -0.1) is 0 Å². The molecule has 0 spiro atoms. The lowest BCUT2D eigenvalue weighted by Gasteiger charge is -2.25. The molecule has 0 amide bonds. The molecule has 0 aliphatic carbocycles. The van der Waals surface area contributed by atoms with Crippen molar-refractivity contribution >= 4 is 10.2 Å². The summed E-state index contributed by atoms with van der Waals surface area (Å²) in [5.74, 6) is 0. The van der Waals surface area contributed by atoms with Crippen LogP contribution in [0.3, 0.4) is 0 Å². The zero-order valence-electron chi connectivity index (χ0n) is 9.17. The number of nitrogens with one attached hydrogen (secondary N) is 1. The maximum atomic E-state index is 11.8. The van der Waals surface area contributed by atoms with Crippen molar-refractivity contribution < 1.29 is 26.7 Å². The lowest BCUT2D eigenvalue weighted by molar-refractivity contribution is -0.121. The van der Waals surface area contributed by atoms with Crippen LogP contribution >= 0.6 is 0 Å². The molecular formula is C7H15F3N2O3S. The van der Waals surface area contributed by atoms with Gasteiger partial charge in [-0.25, -0.2) is 0 Å². The van der Waals surface area contributed by atoms with Crippen molar-refractivity contribution in [2.24, 2.45) is 0 Å². The Morgan fingerprint density at radius 1 is 1.31 bits per heavy atom. The number of likely N-dealkylation sites (N-methyl/N-ethyl adjacent to an activating group) is 1. The van der Waals surface area contributed by atoms with Gasteiger partial charge in [0.2, 0.25) is 0 Å². The molecule has 0 saturated heterocycles. The minimum atomic E-state index is -4.61. The molecule has 0 atom stereocenters. The lowest BCUT2D eigenvalue weighted by Crippen LogP contribution is -2.47. The summed E-state index contributed by atoms with van der Waals surface area (Å²) < 4.78 is 59.9. The number of hydrogen-bond donors (Lipinski definition) is 2. The van der Waals surface area contributed by atoms with Gasteiger partial charge >= 0.3 is 6.18 Å². The monoisotopic (exact) mass is 264 g/mol. The maximum absolute atomic E-state index is 11.8. The van der Waals surface area contributed by atoms with E-state index in [0.717, 1.165) is 7.05 Å². The fourth-order valence-electron chi connectivity index (χ4n) is 0.913. The number of halogens is 3. The zero-order valence-corrected chi connectivity index (χ0v) is 9.98. The van der Waals surface area contributed by atoms with E-state index in [4.69, 9.17) is 0 Å². The summed E-state index contributed by atoms with van der Waals surface area (Å²) in [6.45, 7) is 0.761. The van der Waals surface area contributed by atoms with Crippen LogP contribution in [-0.4, -0.2) is 49.7 Å². The summed E-state index contributed by atoms with van der Waals surface area (Å²) in [6.07, 6.45) is -4.61. The molecule has 0 aromatic heterocycles. The van der Waals surface area contributed by atoms with Crippen LogP contribution in [0.25, 0.3) is 0 Å². The molecule has 5 nitrogen and oxygen atoms in total. The molecule has 0 unspecified atom stereocenters. The van der Waals surface area contributed by atoms with Gasteiger partial charge in [0.15, 0.2) is 0 Å². The van der Waals surface area contributed by atoms with Crippen LogP contribution in [0.15, 0.2) is 0 Å². The van der Waals surface area contributed by atoms with E-state index in [9.17, 15) is 26.7 Å². The first-order chi connectivity index (χ1) is 6.83. The third-order valence-electron chi connectivity index (χ3n) is 1.47. The summed E-state index contributed by atoms with van der Waals surface area (Å²) in [5, 5.41) is 9.32. The van der Waals surface area contributed by atoms with Crippen LogP contribution in [0.4, 0.5) is 13.2 Å². The lowest BCUT2D eigenvalue weighted by atomic mass is 10.1. The average molecular weight is 264 g/mol. The van der Waals surface area contributed by atoms with Gasteiger partial charge in [0, 0.05) is 13.6 Å². The quantitative estimate of drug-likeness (QED) is 0.739. The van der Waals surface area contributed by atoms with Crippen molar-refractivity contribution in [1.82, 2.24) is 9.03 Å². The Kier molecular flexibility index (Phi) is 4.75. The smallest absolute Gasteiger partial charge is 0.389 e. The largest absolute Gasteiger partial charge is 0.402 e.